The molecule has 0 atom stereocenters. The molecule has 136 valence electrons. The lowest BCUT2D eigenvalue weighted by Gasteiger charge is -2.34. The van der Waals surface area contributed by atoms with Gasteiger partial charge in [-0.3, -0.25) is 9.59 Å². The minimum absolute atomic E-state index is 0.00810. The summed E-state index contributed by atoms with van der Waals surface area (Å²) in [5.41, 5.74) is 1.72. The van der Waals surface area contributed by atoms with Crippen molar-refractivity contribution in [3.63, 3.8) is 0 Å². The average molecular weight is 354 g/mol. The normalized spacial score (nSPS) is 14.2. The van der Waals surface area contributed by atoms with Gasteiger partial charge in [-0.15, -0.1) is 0 Å². The first kappa shape index (κ1) is 17.8. The van der Waals surface area contributed by atoms with Crippen molar-refractivity contribution in [1.82, 2.24) is 9.80 Å². The van der Waals surface area contributed by atoms with Crippen LogP contribution in [-0.2, 0) is 4.79 Å². The van der Waals surface area contributed by atoms with Gasteiger partial charge in [-0.2, -0.15) is 0 Å². The fourth-order valence-electron chi connectivity index (χ4n) is 2.93. The van der Waals surface area contributed by atoms with Crippen LogP contribution in [0.4, 0.5) is 0 Å². The Morgan fingerprint density at radius 3 is 2.38 bits per heavy atom. The van der Waals surface area contributed by atoms with E-state index in [1.165, 1.54) is 6.07 Å². The molecule has 26 heavy (non-hydrogen) atoms. The van der Waals surface area contributed by atoms with Gasteiger partial charge in [0.2, 0.25) is 0 Å². The average Bonchev–Trinajstić information content (AvgIpc) is 2.66. The first-order valence-corrected chi connectivity index (χ1v) is 8.59. The lowest BCUT2D eigenvalue weighted by atomic mass is 10.1. The van der Waals surface area contributed by atoms with E-state index in [9.17, 15) is 14.7 Å². The number of hydrogen-bond donors (Lipinski definition) is 1. The standard InChI is InChI=1S/C20H22N2O4/c1-15-5-4-6-16(13-15)20(25)22-11-9-21(10-12-22)19(24)14-26-18-8-3-2-7-17(18)23/h2-8,13,23H,9-12,14H2,1H3. The van der Waals surface area contributed by atoms with E-state index in [1.54, 1.807) is 28.0 Å². The van der Waals surface area contributed by atoms with Crippen LogP contribution in [0.15, 0.2) is 48.5 Å². The van der Waals surface area contributed by atoms with Crippen LogP contribution in [0.25, 0.3) is 0 Å². The zero-order valence-electron chi connectivity index (χ0n) is 14.7. The van der Waals surface area contributed by atoms with Gasteiger partial charge in [-0.1, -0.05) is 29.8 Å². The van der Waals surface area contributed by atoms with Crippen molar-refractivity contribution < 1.29 is 19.4 Å². The number of rotatable bonds is 4. The van der Waals surface area contributed by atoms with Gasteiger partial charge in [-0.25, -0.2) is 0 Å². The molecule has 0 saturated carbocycles. The van der Waals surface area contributed by atoms with E-state index in [0.29, 0.717) is 31.7 Å². The molecule has 6 nitrogen and oxygen atoms in total. The van der Waals surface area contributed by atoms with E-state index in [4.69, 9.17) is 4.74 Å². The highest BCUT2D eigenvalue weighted by molar-refractivity contribution is 5.94. The summed E-state index contributed by atoms with van der Waals surface area (Å²) in [6, 6.07) is 14.1. The summed E-state index contributed by atoms with van der Waals surface area (Å²) in [7, 11) is 0. The van der Waals surface area contributed by atoms with Gasteiger partial charge in [0.1, 0.15) is 0 Å². The van der Waals surface area contributed by atoms with Crippen molar-refractivity contribution in [2.45, 2.75) is 6.92 Å². The number of ether oxygens (including phenoxy) is 1. The van der Waals surface area contributed by atoms with Gasteiger partial charge in [0.15, 0.2) is 18.1 Å². The van der Waals surface area contributed by atoms with Crippen LogP contribution < -0.4 is 4.74 Å². The lowest BCUT2D eigenvalue weighted by Crippen LogP contribution is -2.51. The van der Waals surface area contributed by atoms with Crippen LogP contribution in [-0.4, -0.2) is 59.5 Å². The lowest BCUT2D eigenvalue weighted by molar-refractivity contribution is -0.134. The molecule has 1 aliphatic rings. The second-order valence-corrected chi connectivity index (χ2v) is 6.30. The number of hydrogen-bond acceptors (Lipinski definition) is 4. The van der Waals surface area contributed by atoms with Gasteiger partial charge in [0.05, 0.1) is 0 Å². The number of carbonyl (C=O) groups excluding carboxylic acids is 2. The van der Waals surface area contributed by atoms with Gasteiger partial charge in [0, 0.05) is 31.7 Å². The minimum Gasteiger partial charge on any atom is -0.504 e. The number of aromatic hydroxyl groups is 1. The first-order valence-electron chi connectivity index (χ1n) is 8.59. The Morgan fingerprint density at radius 2 is 1.69 bits per heavy atom. The molecule has 1 fully saturated rings. The molecule has 1 aliphatic heterocycles. The molecular weight excluding hydrogens is 332 g/mol. The largest absolute Gasteiger partial charge is 0.504 e. The highest BCUT2D eigenvalue weighted by Gasteiger charge is 2.25. The summed E-state index contributed by atoms with van der Waals surface area (Å²) in [6.07, 6.45) is 0. The summed E-state index contributed by atoms with van der Waals surface area (Å²) in [5.74, 6) is 0.130. The fourth-order valence-corrected chi connectivity index (χ4v) is 2.93. The quantitative estimate of drug-likeness (QED) is 0.912. The Labute approximate surface area is 152 Å². The number of nitrogens with zero attached hydrogens (tertiary/aromatic N) is 2. The van der Waals surface area contributed by atoms with Crippen molar-refractivity contribution in [2.24, 2.45) is 0 Å². The van der Waals surface area contributed by atoms with Crippen LogP contribution >= 0.6 is 0 Å². The molecule has 0 spiro atoms. The molecule has 2 amide bonds. The summed E-state index contributed by atoms with van der Waals surface area (Å²) in [6.45, 7) is 3.76. The number of carbonyl (C=O) groups is 2. The number of phenols is 1. The second kappa shape index (κ2) is 7.91. The molecule has 0 aliphatic carbocycles. The molecule has 0 unspecified atom stereocenters. The second-order valence-electron chi connectivity index (χ2n) is 6.30. The smallest absolute Gasteiger partial charge is 0.260 e. The third-order valence-corrected chi connectivity index (χ3v) is 4.40. The first-order chi connectivity index (χ1) is 12.5. The molecule has 0 radical (unpaired) electrons. The summed E-state index contributed by atoms with van der Waals surface area (Å²) in [4.78, 5) is 28.3. The molecular formula is C20H22N2O4. The molecule has 1 N–H and O–H groups in total. The molecule has 3 rings (SSSR count). The molecule has 2 aromatic carbocycles. The molecule has 2 aromatic rings. The minimum atomic E-state index is -0.157. The summed E-state index contributed by atoms with van der Waals surface area (Å²) in [5, 5.41) is 9.66. The van der Waals surface area contributed by atoms with Crippen molar-refractivity contribution >= 4 is 11.8 Å². The van der Waals surface area contributed by atoms with Gasteiger partial charge >= 0.3 is 0 Å². The van der Waals surface area contributed by atoms with Crippen LogP contribution in [0.1, 0.15) is 15.9 Å². The predicted octanol–water partition coefficient (Wildman–Crippen LogP) is 2.06. The molecule has 1 heterocycles. The predicted molar refractivity (Wildman–Crippen MR) is 97.3 cm³/mol. The van der Waals surface area contributed by atoms with Crippen LogP contribution in [0.3, 0.4) is 0 Å². The Balaban J connectivity index is 1.51. The number of benzene rings is 2. The zero-order valence-corrected chi connectivity index (χ0v) is 14.7. The van der Waals surface area contributed by atoms with Crippen molar-refractivity contribution in [3.05, 3.63) is 59.7 Å². The van der Waals surface area contributed by atoms with E-state index < -0.39 is 0 Å². The van der Waals surface area contributed by atoms with E-state index in [0.717, 1.165) is 5.56 Å². The van der Waals surface area contributed by atoms with Crippen LogP contribution in [0.5, 0.6) is 11.5 Å². The van der Waals surface area contributed by atoms with E-state index in [-0.39, 0.29) is 29.9 Å². The van der Waals surface area contributed by atoms with Crippen molar-refractivity contribution in [1.29, 1.82) is 0 Å². The third kappa shape index (κ3) is 4.14. The van der Waals surface area contributed by atoms with Gasteiger partial charge in [0.25, 0.3) is 11.8 Å². The maximum atomic E-state index is 12.5. The molecule has 6 heteroatoms. The number of phenolic OH excluding ortho intramolecular Hbond substituents is 1. The Kier molecular flexibility index (Phi) is 5.41. The molecule has 0 bridgehead atoms. The maximum Gasteiger partial charge on any atom is 0.260 e. The molecule has 0 aromatic heterocycles. The topological polar surface area (TPSA) is 70.1 Å². The third-order valence-electron chi connectivity index (χ3n) is 4.40. The number of amides is 2. The van der Waals surface area contributed by atoms with E-state index in [1.807, 2.05) is 31.2 Å². The molecule has 1 saturated heterocycles. The van der Waals surface area contributed by atoms with Crippen LogP contribution in [0.2, 0.25) is 0 Å². The monoisotopic (exact) mass is 354 g/mol. The maximum absolute atomic E-state index is 12.5. The van der Waals surface area contributed by atoms with E-state index >= 15 is 0 Å². The fraction of sp³-hybridized carbons (Fsp3) is 0.300. The van der Waals surface area contributed by atoms with Crippen molar-refractivity contribution in [3.8, 4) is 11.5 Å². The highest BCUT2D eigenvalue weighted by atomic mass is 16.5. The highest BCUT2D eigenvalue weighted by Crippen LogP contribution is 2.24. The van der Waals surface area contributed by atoms with Gasteiger partial charge in [-0.05, 0) is 31.2 Å². The van der Waals surface area contributed by atoms with Crippen molar-refractivity contribution in [2.75, 3.05) is 32.8 Å². The zero-order chi connectivity index (χ0) is 18.5. The van der Waals surface area contributed by atoms with Crippen LogP contribution in [0, 0.1) is 6.92 Å². The summed E-state index contributed by atoms with van der Waals surface area (Å²) >= 11 is 0. The van der Waals surface area contributed by atoms with Gasteiger partial charge < -0.3 is 19.6 Å². The Bertz CT molecular complexity index is 798. The van der Waals surface area contributed by atoms with E-state index in [2.05, 4.69) is 0 Å². The summed E-state index contributed by atoms with van der Waals surface area (Å²) < 4.78 is 5.39. The SMILES string of the molecule is Cc1cccc(C(=O)N2CCN(C(=O)COc3ccccc3O)CC2)c1. The number of para-hydroxylation sites is 2. The Morgan fingerprint density at radius 1 is 1.00 bits per heavy atom. The number of aryl methyl sites for hydroxylation is 1. The number of piperazine rings is 1. The Hall–Kier alpha value is -3.02.